The first-order valence-electron chi connectivity index (χ1n) is 19.2. The number of ether oxygens (including phenoxy) is 1. The molecule has 2 aliphatic rings. The lowest BCUT2D eigenvalue weighted by atomic mass is 10.0. The summed E-state index contributed by atoms with van der Waals surface area (Å²) >= 11 is 0. The van der Waals surface area contributed by atoms with Crippen molar-refractivity contribution in [3.8, 4) is 11.5 Å². The third kappa shape index (κ3) is 6.56. The van der Waals surface area contributed by atoms with Gasteiger partial charge in [-0.15, -0.1) is 0 Å². The lowest BCUT2D eigenvalue weighted by molar-refractivity contribution is -0.138. The van der Waals surface area contributed by atoms with E-state index in [0.29, 0.717) is 63.8 Å². The number of rotatable bonds is 9. The molecule has 0 radical (unpaired) electrons. The van der Waals surface area contributed by atoms with Crippen molar-refractivity contribution in [2.24, 2.45) is 11.8 Å². The normalized spacial score (nSPS) is 18.5. The van der Waals surface area contributed by atoms with Crippen LogP contribution in [-0.4, -0.2) is 95.8 Å². The van der Waals surface area contributed by atoms with Crippen LogP contribution in [0, 0.1) is 11.8 Å². The van der Waals surface area contributed by atoms with Crippen LogP contribution >= 0.6 is 0 Å². The van der Waals surface area contributed by atoms with Gasteiger partial charge in [-0.25, -0.2) is 19.7 Å². The third-order valence-electron chi connectivity index (χ3n) is 11.0. The predicted molar refractivity (Wildman–Crippen MR) is 208 cm³/mol. The Kier molecular flexibility index (Phi) is 9.58. The number of amides is 4. The smallest absolute Gasteiger partial charge is 0.407 e. The van der Waals surface area contributed by atoms with Gasteiger partial charge in [0.1, 0.15) is 40.3 Å². The molecule has 8 rings (SSSR count). The number of nitrogens with zero attached hydrogens (tertiary/aromatic N) is 6. The Balaban J connectivity index is 1.07. The van der Waals surface area contributed by atoms with Gasteiger partial charge in [0.15, 0.2) is 5.58 Å². The summed E-state index contributed by atoms with van der Waals surface area (Å²) in [4.78, 5) is 81.1. The number of carbonyl (C=O) groups is 4. The first-order valence-corrected chi connectivity index (χ1v) is 19.2. The van der Waals surface area contributed by atoms with E-state index in [1.807, 2.05) is 62.9 Å². The molecule has 0 bridgehead atoms. The van der Waals surface area contributed by atoms with Gasteiger partial charge in [-0.1, -0.05) is 27.7 Å². The third-order valence-corrected chi connectivity index (χ3v) is 11.0. The number of carbonyl (C=O) groups excluding carboxylic acids is 4. The fourth-order valence-corrected chi connectivity index (χ4v) is 8.16. The molecule has 2 aliphatic heterocycles. The van der Waals surface area contributed by atoms with E-state index in [9.17, 15) is 19.2 Å². The van der Waals surface area contributed by atoms with Crippen LogP contribution in [0.5, 0.6) is 0 Å². The average molecular weight is 763 g/mol. The van der Waals surface area contributed by atoms with Gasteiger partial charge in [0, 0.05) is 31.0 Å². The Morgan fingerprint density at radius 2 is 1.39 bits per heavy atom. The molecule has 4 N–H and O–H groups in total. The number of benzene rings is 2. The number of aromatic nitrogens is 6. The van der Waals surface area contributed by atoms with E-state index in [2.05, 4.69) is 20.6 Å². The molecule has 0 saturated carbocycles. The Morgan fingerprint density at radius 3 is 2.02 bits per heavy atom. The summed E-state index contributed by atoms with van der Waals surface area (Å²) in [6.07, 6.45) is 4.21. The van der Waals surface area contributed by atoms with Gasteiger partial charge >= 0.3 is 6.09 Å². The Hall–Kier alpha value is -6.06. The number of fused-ring (bicyclic) bond motifs is 6. The quantitative estimate of drug-likeness (QED) is 0.142. The van der Waals surface area contributed by atoms with Crippen LogP contribution in [0.25, 0.3) is 55.5 Å². The zero-order valence-corrected chi connectivity index (χ0v) is 32.3. The molecular formula is C40H46N10O6. The van der Waals surface area contributed by atoms with Gasteiger partial charge < -0.3 is 39.6 Å². The minimum Gasteiger partial charge on any atom is -0.453 e. The molecule has 56 heavy (non-hydrogen) atoms. The molecule has 0 spiro atoms. The van der Waals surface area contributed by atoms with Gasteiger partial charge in [-0.2, -0.15) is 0 Å². The minimum atomic E-state index is -0.722. The maximum atomic E-state index is 13.7. The van der Waals surface area contributed by atoms with Crippen molar-refractivity contribution < 1.29 is 28.3 Å². The standard InChI is InChI=1S/C40H46N10O6/c1-19(2)30(42-21(5)51)38(52)49-15-7-9-28(49)35-43-24-13-14-25-34(33(24)47-35)56-37(45-25)22-11-12-23-26(17-22)41-18-27-32(23)46-36(44-27)29-10-8-16-50(29)39(53)31(20(3)4)48-40(54)55-6/h11-14,17-20,28-31H,7-10,15-16H2,1-6H3,(H,42,51)(H,43,47)(H,44,46)(H,48,54)/t28-,29-,30-,31-/m0/s1. The summed E-state index contributed by atoms with van der Waals surface area (Å²) in [5, 5.41) is 6.38. The van der Waals surface area contributed by atoms with Crippen LogP contribution < -0.4 is 10.6 Å². The van der Waals surface area contributed by atoms with Crippen molar-refractivity contribution in [1.82, 2.24) is 50.3 Å². The van der Waals surface area contributed by atoms with E-state index in [-0.39, 0.29) is 41.6 Å². The van der Waals surface area contributed by atoms with Crippen molar-refractivity contribution in [3.63, 3.8) is 0 Å². The number of oxazole rings is 1. The zero-order valence-electron chi connectivity index (χ0n) is 32.3. The first kappa shape index (κ1) is 36.9. The summed E-state index contributed by atoms with van der Waals surface area (Å²) < 4.78 is 11.2. The van der Waals surface area contributed by atoms with Crippen molar-refractivity contribution in [3.05, 3.63) is 48.2 Å². The molecule has 4 aromatic heterocycles. The van der Waals surface area contributed by atoms with Crippen LogP contribution in [0.1, 0.15) is 84.0 Å². The molecule has 0 aliphatic carbocycles. The monoisotopic (exact) mass is 762 g/mol. The zero-order chi connectivity index (χ0) is 39.4. The molecule has 6 heterocycles. The van der Waals surface area contributed by atoms with Gasteiger partial charge in [-0.3, -0.25) is 19.4 Å². The number of alkyl carbamates (subject to hydrolysis) is 1. The highest BCUT2D eigenvalue weighted by Crippen LogP contribution is 2.37. The van der Waals surface area contributed by atoms with Crippen LogP contribution in [0.4, 0.5) is 4.79 Å². The van der Waals surface area contributed by atoms with E-state index < -0.39 is 18.2 Å². The molecule has 0 unspecified atom stereocenters. The predicted octanol–water partition coefficient (Wildman–Crippen LogP) is 5.66. The van der Waals surface area contributed by atoms with E-state index in [0.717, 1.165) is 42.1 Å². The molecule has 6 aromatic rings. The lowest BCUT2D eigenvalue weighted by Crippen LogP contribution is -2.51. The highest BCUT2D eigenvalue weighted by atomic mass is 16.5. The maximum Gasteiger partial charge on any atom is 0.407 e. The molecule has 16 heteroatoms. The molecular weight excluding hydrogens is 717 g/mol. The average Bonchev–Trinajstić information content (AvgIpc) is 4.02. The molecule has 16 nitrogen and oxygen atoms in total. The topological polar surface area (TPSA) is 204 Å². The Labute approximate surface area is 322 Å². The lowest BCUT2D eigenvalue weighted by Gasteiger charge is -2.30. The number of methoxy groups -OCH3 is 1. The van der Waals surface area contributed by atoms with E-state index >= 15 is 0 Å². The minimum absolute atomic E-state index is 0.0640. The van der Waals surface area contributed by atoms with Crippen LogP contribution in [0.3, 0.4) is 0 Å². The number of hydrogen-bond donors (Lipinski definition) is 4. The maximum absolute atomic E-state index is 13.7. The Morgan fingerprint density at radius 1 is 0.786 bits per heavy atom. The van der Waals surface area contributed by atoms with Crippen LogP contribution in [-0.2, 0) is 19.1 Å². The number of nitrogens with one attached hydrogen (secondary N) is 4. The molecule has 4 atom stereocenters. The highest BCUT2D eigenvalue weighted by molar-refractivity contribution is 6.04. The number of pyridine rings is 1. The molecule has 2 aromatic carbocycles. The van der Waals surface area contributed by atoms with E-state index in [1.54, 1.807) is 11.1 Å². The number of imidazole rings is 2. The number of likely N-dealkylation sites (tertiary alicyclic amines) is 2. The van der Waals surface area contributed by atoms with Crippen LogP contribution in [0.2, 0.25) is 0 Å². The summed E-state index contributed by atoms with van der Waals surface area (Å²) in [6.45, 7) is 10.2. The number of aromatic amines is 2. The molecule has 292 valence electrons. The summed E-state index contributed by atoms with van der Waals surface area (Å²) in [5.74, 6) is 1.05. The second kappa shape index (κ2) is 14.5. The van der Waals surface area contributed by atoms with Gasteiger partial charge in [-0.05, 0) is 67.9 Å². The molecule has 2 fully saturated rings. The first-order chi connectivity index (χ1) is 26.9. The molecule has 2 saturated heterocycles. The van der Waals surface area contributed by atoms with Crippen molar-refractivity contribution in [1.29, 1.82) is 0 Å². The van der Waals surface area contributed by atoms with Gasteiger partial charge in [0.05, 0.1) is 41.9 Å². The highest BCUT2D eigenvalue weighted by Gasteiger charge is 2.39. The fourth-order valence-electron chi connectivity index (χ4n) is 8.16. The second-order valence-corrected chi connectivity index (χ2v) is 15.5. The van der Waals surface area contributed by atoms with Crippen molar-refractivity contribution >= 4 is 67.9 Å². The Bertz CT molecular complexity index is 2500. The summed E-state index contributed by atoms with van der Waals surface area (Å²) in [5.41, 5.74) is 5.57. The van der Waals surface area contributed by atoms with E-state index in [1.165, 1.54) is 14.0 Å². The van der Waals surface area contributed by atoms with Crippen LogP contribution in [0.15, 0.2) is 40.9 Å². The van der Waals surface area contributed by atoms with Gasteiger partial charge in [0.2, 0.25) is 23.6 Å². The largest absolute Gasteiger partial charge is 0.453 e. The van der Waals surface area contributed by atoms with Crippen molar-refractivity contribution in [2.45, 2.75) is 84.5 Å². The number of H-pyrrole nitrogens is 2. The summed E-state index contributed by atoms with van der Waals surface area (Å²) in [6, 6.07) is 7.72. The van der Waals surface area contributed by atoms with Gasteiger partial charge in [0.25, 0.3) is 0 Å². The second-order valence-electron chi connectivity index (χ2n) is 15.5. The number of hydrogen-bond acceptors (Lipinski definition) is 10. The fraction of sp³-hybridized carbons (Fsp3) is 0.450. The summed E-state index contributed by atoms with van der Waals surface area (Å²) in [7, 11) is 1.28. The van der Waals surface area contributed by atoms with E-state index in [4.69, 9.17) is 29.1 Å². The van der Waals surface area contributed by atoms with Crippen molar-refractivity contribution in [2.75, 3.05) is 20.2 Å². The molecule has 4 amide bonds. The SMILES string of the molecule is COC(=O)N[C@H](C(=O)N1CCC[C@H]1c1nc2cnc3cc(-c4nc5ccc6nc([C@@H]7CCCN7C(=O)[C@@H](NC(C)=O)C(C)C)[nH]c6c5o4)ccc3c2[nH]1)C(C)C.